The fourth-order valence-electron chi connectivity index (χ4n) is 1.35. The molecule has 0 fully saturated rings. The Balaban J connectivity index is 2.64. The fraction of sp³-hybridized carbons (Fsp3) is 0.100. The van der Waals surface area contributed by atoms with E-state index >= 15 is 0 Å². The summed E-state index contributed by atoms with van der Waals surface area (Å²) in [4.78, 5) is 35.8. The second-order valence-electron chi connectivity index (χ2n) is 3.28. The number of aromatic carboxylic acids is 1. The molecule has 2 rings (SSSR count). The molecule has 0 bridgehead atoms. The number of carbonyl (C=O) groups is 1. The summed E-state index contributed by atoms with van der Waals surface area (Å²) in [6, 6.07) is 1.25. The van der Waals surface area contributed by atoms with Crippen molar-refractivity contribution >= 4 is 5.97 Å². The summed E-state index contributed by atoms with van der Waals surface area (Å²) in [5.74, 6) is -1.23. The van der Waals surface area contributed by atoms with Crippen molar-refractivity contribution in [2.24, 2.45) is 0 Å². The second-order valence-corrected chi connectivity index (χ2v) is 3.28. The highest BCUT2D eigenvalue weighted by Crippen LogP contribution is 2.15. The molecule has 0 saturated heterocycles. The van der Waals surface area contributed by atoms with Gasteiger partial charge in [0.25, 0.3) is 0 Å². The van der Waals surface area contributed by atoms with E-state index < -0.39 is 11.7 Å². The number of hydrogen-bond donors (Lipinski definition) is 2. The summed E-state index contributed by atoms with van der Waals surface area (Å²) in [6.07, 6.45) is 2.95. The summed E-state index contributed by atoms with van der Waals surface area (Å²) in [7, 11) is 0. The predicted molar refractivity (Wildman–Crippen MR) is 57.6 cm³/mol. The number of nitrogens with one attached hydrogen (secondary N) is 1. The van der Waals surface area contributed by atoms with Crippen LogP contribution in [0.25, 0.3) is 11.4 Å². The Morgan fingerprint density at radius 2 is 2.06 bits per heavy atom. The Bertz CT molecular complexity index is 635. The third-order valence-electron chi connectivity index (χ3n) is 2.10. The molecule has 0 saturated carbocycles. The third kappa shape index (κ3) is 2.17. The van der Waals surface area contributed by atoms with Crippen molar-refractivity contribution < 1.29 is 9.90 Å². The quantitative estimate of drug-likeness (QED) is 0.767. The van der Waals surface area contributed by atoms with E-state index in [2.05, 4.69) is 19.9 Å². The largest absolute Gasteiger partial charge is 0.477 e. The molecule has 2 N–H and O–H groups in total. The molecule has 7 heteroatoms. The Labute approximate surface area is 95.2 Å². The first kappa shape index (κ1) is 10.9. The monoisotopic (exact) mass is 232 g/mol. The van der Waals surface area contributed by atoms with Gasteiger partial charge >= 0.3 is 11.7 Å². The maximum atomic E-state index is 11.2. The van der Waals surface area contributed by atoms with Crippen molar-refractivity contribution in [3.8, 4) is 11.4 Å². The zero-order chi connectivity index (χ0) is 12.4. The SMILES string of the molecule is Cc1nccnc1-c1cc(C(=O)O)[nH]c(=O)n1. The van der Waals surface area contributed by atoms with E-state index in [0.717, 1.165) is 0 Å². The van der Waals surface area contributed by atoms with Crippen LogP contribution >= 0.6 is 0 Å². The lowest BCUT2D eigenvalue weighted by atomic mass is 10.2. The maximum Gasteiger partial charge on any atom is 0.352 e. The van der Waals surface area contributed by atoms with Gasteiger partial charge in [-0.25, -0.2) is 9.59 Å². The molecule has 7 nitrogen and oxygen atoms in total. The summed E-state index contributed by atoms with van der Waals surface area (Å²) >= 11 is 0. The average molecular weight is 232 g/mol. The number of carboxylic acid groups (broad SMARTS) is 1. The van der Waals surface area contributed by atoms with Gasteiger partial charge in [-0.3, -0.25) is 15.0 Å². The number of carboxylic acids is 1. The molecule has 2 aromatic heterocycles. The van der Waals surface area contributed by atoms with Gasteiger partial charge in [-0.2, -0.15) is 4.98 Å². The number of rotatable bonds is 2. The predicted octanol–water partition coefficient (Wildman–Crippen LogP) is 0.234. The molecule has 0 spiro atoms. The first-order valence-electron chi connectivity index (χ1n) is 4.70. The van der Waals surface area contributed by atoms with Crippen LogP contribution in [-0.2, 0) is 0 Å². The van der Waals surface area contributed by atoms with Crippen molar-refractivity contribution in [2.75, 3.05) is 0 Å². The maximum absolute atomic E-state index is 11.2. The number of aromatic amines is 1. The van der Waals surface area contributed by atoms with E-state index in [-0.39, 0.29) is 11.4 Å². The van der Waals surface area contributed by atoms with Crippen LogP contribution < -0.4 is 5.69 Å². The Morgan fingerprint density at radius 1 is 1.35 bits per heavy atom. The third-order valence-corrected chi connectivity index (χ3v) is 2.10. The summed E-state index contributed by atoms with van der Waals surface area (Å²) in [6.45, 7) is 1.70. The molecule has 0 amide bonds. The van der Waals surface area contributed by atoms with Crippen LogP contribution in [0.3, 0.4) is 0 Å². The lowest BCUT2D eigenvalue weighted by molar-refractivity contribution is 0.0690. The Kier molecular flexibility index (Phi) is 2.65. The molecule has 2 aromatic rings. The molecule has 0 aromatic carbocycles. The van der Waals surface area contributed by atoms with Crippen LogP contribution in [0.2, 0.25) is 0 Å². The number of aromatic nitrogens is 4. The second kappa shape index (κ2) is 4.12. The minimum Gasteiger partial charge on any atom is -0.477 e. The molecule has 2 heterocycles. The number of aryl methyl sites for hydroxylation is 1. The summed E-state index contributed by atoms with van der Waals surface area (Å²) in [5.41, 5.74) is 0.190. The lowest BCUT2D eigenvalue weighted by Crippen LogP contribution is -2.17. The van der Waals surface area contributed by atoms with Crippen LogP contribution in [0, 0.1) is 6.92 Å². The first-order chi connectivity index (χ1) is 8.08. The van der Waals surface area contributed by atoms with Crippen molar-refractivity contribution in [2.45, 2.75) is 6.92 Å². The molecule has 0 aliphatic rings. The van der Waals surface area contributed by atoms with Crippen molar-refractivity contribution in [3.63, 3.8) is 0 Å². The molecule has 86 valence electrons. The molecule has 0 atom stereocenters. The van der Waals surface area contributed by atoms with Crippen molar-refractivity contribution in [3.05, 3.63) is 40.3 Å². The zero-order valence-corrected chi connectivity index (χ0v) is 8.84. The first-order valence-corrected chi connectivity index (χ1v) is 4.70. The van der Waals surface area contributed by atoms with Gasteiger partial charge in [0.15, 0.2) is 0 Å². The van der Waals surface area contributed by atoms with E-state index in [9.17, 15) is 9.59 Å². The molecule has 0 radical (unpaired) electrons. The van der Waals surface area contributed by atoms with Gasteiger partial charge in [-0.05, 0) is 13.0 Å². The van der Waals surface area contributed by atoms with Gasteiger partial charge < -0.3 is 5.11 Å². The molecule has 17 heavy (non-hydrogen) atoms. The van der Waals surface area contributed by atoms with Crippen molar-refractivity contribution in [1.82, 2.24) is 19.9 Å². The standard InChI is InChI=1S/C10H8N4O3/c1-5-8(12-3-2-11-5)6-4-7(9(15)16)14-10(17)13-6/h2-4H,1H3,(H,15,16)(H,13,14,17). The minimum atomic E-state index is -1.23. The highest BCUT2D eigenvalue weighted by atomic mass is 16.4. The van der Waals surface area contributed by atoms with Gasteiger partial charge in [0.05, 0.1) is 11.4 Å². The van der Waals surface area contributed by atoms with Crippen LogP contribution in [0.1, 0.15) is 16.2 Å². The normalized spacial score (nSPS) is 10.2. The van der Waals surface area contributed by atoms with Gasteiger partial charge in [-0.15, -0.1) is 0 Å². The summed E-state index contributed by atoms with van der Waals surface area (Å²) < 4.78 is 0. The minimum absolute atomic E-state index is 0.191. The number of hydrogen-bond acceptors (Lipinski definition) is 5. The van der Waals surface area contributed by atoms with Gasteiger partial charge in [0.2, 0.25) is 0 Å². The fourth-order valence-corrected chi connectivity index (χ4v) is 1.35. The highest BCUT2D eigenvalue weighted by Gasteiger charge is 2.11. The molecule has 0 aliphatic carbocycles. The van der Waals surface area contributed by atoms with E-state index in [4.69, 9.17) is 5.11 Å². The van der Waals surface area contributed by atoms with Gasteiger partial charge in [-0.1, -0.05) is 0 Å². The lowest BCUT2D eigenvalue weighted by Gasteiger charge is -2.02. The average Bonchev–Trinajstić information content (AvgIpc) is 2.28. The van der Waals surface area contributed by atoms with E-state index in [1.807, 2.05) is 0 Å². The molecular weight excluding hydrogens is 224 g/mol. The van der Waals surface area contributed by atoms with Gasteiger partial charge in [0.1, 0.15) is 11.4 Å². The number of nitrogens with zero attached hydrogens (tertiary/aromatic N) is 3. The smallest absolute Gasteiger partial charge is 0.352 e. The summed E-state index contributed by atoms with van der Waals surface area (Å²) in [5, 5.41) is 8.82. The highest BCUT2D eigenvalue weighted by molar-refractivity contribution is 5.86. The molecule has 0 unspecified atom stereocenters. The van der Waals surface area contributed by atoms with E-state index in [1.54, 1.807) is 6.92 Å². The van der Waals surface area contributed by atoms with Crippen LogP contribution in [-0.4, -0.2) is 31.0 Å². The van der Waals surface area contributed by atoms with Crippen LogP contribution in [0.4, 0.5) is 0 Å². The van der Waals surface area contributed by atoms with E-state index in [0.29, 0.717) is 11.4 Å². The zero-order valence-electron chi connectivity index (χ0n) is 8.84. The van der Waals surface area contributed by atoms with Crippen LogP contribution in [0.15, 0.2) is 23.3 Å². The molecule has 0 aliphatic heterocycles. The Morgan fingerprint density at radius 3 is 2.71 bits per heavy atom. The van der Waals surface area contributed by atoms with Gasteiger partial charge in [0, 0.05) is 12.4 Å². The van der Waals surface area contributed by atoms with Crippen LogP contribution in [0.5, 0.6) is 0 Å². The van der Waals surface area contributed by atoms with Crippen molar-refractivity contribution in [1.29, 1.82) is 0 Å². The topological polar surface area (TPSA) is 109 Å². The van der Waals surface area contributed by atoms with E-state index in [1.165, 1.54) is 18.5 Å². The Hall–Kier alpha value is -2.57. The number of H-pyrrole nitrogens is 1. The molecular formula is C10H8N4O3.